The molecule has 0 atom stereocenters. The van der Waals surface area contributed by atoms with E-state index in [2.05, 4.69) is 4.74 Å². The minimum Gasteiger partial charge on any atom is -0.388 e. The number of ether oxygens (including phenoxy) is 1. The molecule has 0 aliphatic rings. The Hall–Kier alpha value is -0.960. The van der Waals surface area contributed by atoms with Gasteiger partial charge in [0.1, 0.15) is 0 Å². The highest BCUT2D eigenvalue weighted by Gasteiger charge is 1.57. The van der Waals surface area contributed by atoms with E-state index in [4.69, 9.17) is 0 Å². The molecule has 0 spiro atoms. The van der Waals surface area contributed by atoms with Gasteiger partial charge in [0.15, 0.2) is 0 Å². The van der Waals surface area contributed by atoms with E-state index in [1.165, 1.54) is 0 Å². The van der Waals surface area contributed by atoms with Gasteiger partial charge in [0.25, 0.3) is 0 Å². The summed E-state index contributed by atoms with van der Waals surface area (Å²) < 4.78 is 4.25. The second-order valence-electron chi connectivity index (χ2n) is 1.56. The second kappa shape index (κ2) is 16.0. The Kier molecular flexibility index (Phi) is 24.1. The smallest absolute Gasteiger partial charge is 0.0351 e. The maximum atomic E-state index is 4.25. The summed E-state index contributed by atoms with van der Waals surface area (Å²) in [6, 6.07) is 12.0. The zero-order chi connectivity index (χ0) is 6.95. The Labute approximate surface area is 65.7 Å². The van der Waals surface area contributed by atoms with E-state index < -0.39 is 0 Å². The molecule has 0 aliphatic heterocycles. The summed E-state index contributed by atoms with van der Waals surface area (Å²) in [4.78, 5) is 0. The van der Waals surface area contributed by atoms with Crippen LogP contribution in [0.2, 0.25) is 0 Å². The molecule has 1 rings (SSSR count). The van der Waals surface area contributed by atoms with Gasteiger partial charge in [-0.1, -0.05) is 36.4 Å². The molecule has 1 aromatic carbocycles. The predicted molar refractivity (Wildman–Crippen MR) is 44.4 cm³/mol. The van der Waals surface area contributed by atoms with Crippen molar-refractivity contribution in [2.75, 3.05) is 14.2 Å². The summed E-state index contributed by atoms with van der Waals surface area (Å²) in [6.07, 6.45) is 0. The Morgan fingerprint density at radius 3 is 0.818 bits per heavy atom. The fourth-order valence-corrected chi connectivity index (χ4v) is 0.385. The van der Waals surface area contributed by atoms with E-state index in [1.54, 1.807) is 14.2 Å². The standard InChI is InChI=1S/C6H6.C2H6O.2FH/c1-2-4-6-5-3-1;1-3-2;;/h1-6H;1-2H3;2*1H. The molecule has 0 saturated carbocycles. The van der Waals surface area contributed by atoms with Crippen molar-refractivity contribution in [3.8, 4) is 0 Å². The summed E-state index contributed by atoms with van der Waals surface area (Å²) in [5.74, 6) is 0. The summed E-state index contributed by atoms with van der Waals surface area (Å²) in [5.41, 5.74) is 0. The van der Waals surface area contributed by atoms with Gasteiger partial charge in [0, 0.05) is 14.2 Å². The number of halogens is 2. The van der Waals surface area contributed by atoms with Gasteiger partial charge in [0.2, 0.25) is 0 Å². The van der Waals surface area contributed by atoms with Crippen molar-refractivity contribution >= 4 is 0 Å². The lowest BCUT2D eigenvalue weighted by Gasteiger charge is -1.69. The molecule has 0 radical (unpaired) electrons. The molecule has 0 fully saturated rings. The van der Waals surface area contributed by atoms with Crippen LogP contribution in [0.3, 0.4) is 0 Å². The van der Waals surface area contributed by atoms with Crippen LogP contribution in [0.4, 0.5) is 9.41 Å². The third-order valence-corrected chi connectivity index (χ3v) is 0.667. The first kappa shape index (κ1) is 16.6. The quantitative estimate of drug-likeness (QED) is 0.571. The van der Waals surface area contributed by atoms with Crippen LogP contribution in [0, 0.1) is 0 Å². The largest absolute Gasteiger partial charge is 0.388 e. The molecule has 1 aromatic rings. The van der Waals surface area contributed by atoms with Crippen molar-refractivity contribution in [2.24, 2.45) is 0 Å². The number of hydrogen-bond acceptors (Lipinski definition) is 1. The van der Waals surface area contributed by atoms with Gasteiger partial charge < -0.3 is 4.74 Å². The summed E-state index contributed by atoms with van der Waals surface area (Å²) >= 11 is 0. The number of hydrogen-bond donors (Lipinski definition) is 0. The van der Waals surface area contributed by atoms with Crippen LogP contribution < -0.4 is 0 Å². The monoisotopic (exact) mass is 164 g/mol. The topological polar surface area (TPSA) is 9.23 Å². The van der Waals surface area contributed by atoms with E-state index >= 15 is 0 Å². The first-order chi connectivity index (χ1) is 4.41. The van der Waals surface area contributed by atoms with Crippen LogP contribution in [0.25, 0.3) is 0 Å². The van der Waals surface area contributed by atoms with Crippen LogP contribution in [0.1, 0.15) is 0 Å². The molecule has 0 aromatic heterocycles. The first-order valence-corrected chi connectivity index (χ1v) is 2.82. The van der Waals surface area contributed by atoms with Gasteiger partial charge in [-0.2, -0.15) is 0 Å². The molecule has 0 bridgehead atoms. The number of rotatable bonds is 0. The lowest BCUT2D eigenvalue weighted by molar-refractivity contribution is 0.277. The van der Waals surface area contributed by atoms with E-state index in [1.807, 2.05) is 36.4 Å². The molecule has 1 nitrogen and oxygen atoms in total. The molecule has 3 heteroatoms. The number of methoxy groups -OCH3 is 1. The predicted octanol–water partition coefficient (Wildman–Crippen LogP) is 2.25. The van der Waals surface area contributed by atoms with E-state index in [-0.39, 0.29) is 9.41 Å². The van der Waals surface area contributed by atoms with Crippen molar-refractivity contribution in [3.05, 3.63) is 36.4 Å². The lowest BCUT2D eigenvalue weighted by atomic mass is 10.4. The molecule has 11 heavy (non-hydrogen) atoms. The van der Waals surface area contributed by atoms with Crippen molar-refractivity contribution in [3.63, 3.8) is 0 Å². The fraction of sp³-hybridized carbons (Fsp3) is 0.250. The highest BCUT2D eigenvalue weighted by Crippen LogP contribution is 1.79. The molecule has 66 valence electrons. The van der Waals surface area contributed by atoms with Gasteiger partial charge >= 0.3 is 0 Å². The van der Waals surface area contributed by atoms with Crippen LogP contribution >= 0.6 is 0 Å². The normalized spacial score (nSPS) is 6.00. The van der Waals surface area contributed by atoms with Crippen molar-refractivity contribution in [1.29, 1.82) is 0 Å². The number of benzene rings is 1. The van der Waals surface area contributed by atoms with Crippen molar-refractivity contribution in [2.45, 2.75) is 0 Å². The SMILES string of the molecule is COC.F.F.c1ccccc1. The maximum Gasteiger partial charge on any atom is 0.0351 e. The highest BCUT2D eigenvalue weighted by molar-refractivity contribution is 4.99. The lowest BCUT2D eigenvalue weighted by Crippen LogP contribution is -1.55. The van der Waals surface area contributed by atoms with Crippen molar-refractivity contribution in [1.82, 2.24) is 0 Å². The molecular formula is C8H14F2O. The van der Waals surface area contributed by atoms with Gasteiger partial charge in [-0.3, -0.25) is 9.41 Å². The van der Waals surface area contributed by atoms with E-state index in [0.29, 0.717) is 0 Å². The minimum atomic E-state index is 0. The highest BCUT2D eigenvalue weighted by atomic mass is 19.0. The molecule has 0 unspecified atom stereocenters. The van der Waals surface area contributed by atoms with Crippen molar-refractivity contribution < 1.29 is 14.1 Å². The molecule has 0 amide bonds. The molecule has 0 saturated heterocycles. The van der Waals surface area contributed by atoms with Crippen LogP contribution in [0.5, 0.6) is 0 Å². The Morgan fingerprint density at radius 2 is 0.727 bits per heavy atom. The zero-order valence-electron chi connectivity index (χ0n) is 6.69. The first-order valence-electron chi connectivity index (χ1n) is 2.82. The van der Waals surface area contributed by atoms with E-state index in [0.717, 1.165) is 0 Å². The second-order valence-corrected chi connectivity index (χ2v) is 1.56. The Balaban J connectivity index is -0.000000116. The summed E-state index contributed by atoms with van der Waals surface area (Å²) in [6.45, 7) is 0. The van der Waals surface area contributed by atoms with Crippen LogP contribution in [0.15, 0.2) is 36.4 Å². The van der Waals surface area contributed by atoms with Gasteiger partial charge in [-0.05, 0) is 0 Å². The fourth-order valence-electron chi connectivity index (χ4n) is 0.385. The molecular weight excluding hydrogens is 150 g/mol. The third-order valence-electron chi connectivity index (χ3n) is 0.667. The average molecular weight is 164 g/mol. The van der Waals surface area contributed by atoms with Gasteiger partial charge in [0.05, 0.1) is 0 Å². The minimum absolute atomic E-state index is 0. The van der Waals surface area contributed by atoms with Crippen LogP contribution in [-0.2, 0) is 4.74 Å². The van der Waals surface area contributed by atoms with Gasteiger partial charge in [-0.25, -0.2) is 0 Å². The maximum absolute atomic E-state index is 4.25. The Morgan fingerprint density at radius 1 is 0.636 bits per heavy atom. The molecule has 0 heterocycles. The third kappa shape index (κ3) is 17.6. The van der Waals surface area contributed by atoms with Gasteiger partial charge in [-0.15, -0.1) is 0 Å². The summed E-state index contributed by atoms with van der Waals surface area (Å²) in [5, 5.41) is 0. The Bertz CT molecular complexity index is 94.9. The molecule has 0 aliphatic carbocycles. The van der Waals surface area contributed by atoms with E-state index in [9.17, 15) is 0 Å². The van der Waals surface area contributed by atoms with Crippen LogP contribution in [-0.4, -0.2) is 14.2 Å². The average Bonchev–Trinajstić information content (AvgIpc) is 1.93. The summed E-state index contributed by atoms with van der Waals surface area (Å²) in [7, 11) is 3.25. The molecule has 0 N–H and O–H groups in total. The zero-order valence-corrected chi connectivity index (χ0v) is 6.69.